The van der Waals surface area contributed by atoms with E-state index in [1.54, 1.807) is 24.3 Å². The van der Waals surface area contributed by atoms with E-state index in [0.29, 0.717) is 13.0 Å². The van der Waals surface area contributed by atoms with Crippen LogP contribution in [0.5, 0.6) is 0 Å². The van der Waals surface area contributed by atoms with E-state index in [-0.39, 0.29) is 25.1 Å². The number of amides is 1. The topological polar surface area (TPSA) is 104 Å². The summed E-state index contributed by atoms with van der Waals surface area (Å²) < 4.78 is 24.6. The average Bonchev–Trinajstić information content (AvgIpc) is 2.84. The number of carboxylic acid groups (broad SMARTS) is 1. The van der Waals surface area contributed by atoms with Gasteiger partial charge in [-0.3, -0.25) is 4.79 Å². The first-order chi connectivity index (χ1) is 10.9. The minimum atomic E-state index is -3.24. The highest BCUT2D eigenvalue weighted by Gasteiger charge is 2.28. The van der Waals surface area contributed by atoms with Crippen LogP contribution >= 0.6 is 0 Å². The van der Waals surface area contributed by atoms with Gasteiger partial charge in [0.1, 0.15) is 6.04 Å². The molecule has 8 heteroatoms. The lowest BCUT2D eigenvalue weighted by Gasteiger charge is -2.17. The maximum absolute atomic E-state index is 11.9. The molecule has 1 aliphatic rings. The van der Waals surface area contributed by atoms with Crippen molar-refractivity contribution in [3.05, 3.63) is 35.9 Å². The normalized spacial score (nSPS) is 18.4. The van der Waals surface area contributed by atoms with Gasteiger partial charge in [0.25, 0.3) is 0 Å². The molecule has 1 atom stereocenters. The molecule has 1 amide bonds. The summed E-state index contributed by atoms with van der Waals surface area (Å²) in [7, 11) is -3.24. The van der Waals surface area contributed by atoms with Crippen molar-refractivity contribution in [2.24, 2.45) is 0 Å². The number of aliphatic carboxylic acids is 1. The quantitative estimate of drug-likeness (QED) is 0.739. The predicted octanol–water partition coefficient (Wildman–Crippen LogP) is 0.224. The molecule has 0 bridgehead atoms. The maximum Gasteiger partial charge on any atom is 0.326 e. The fourth-order valence-corrected chi connectivity index (χ4v) is 4.01. The van der Waals surface area contributed by atoms with Crippen molar-refractivity contribution in [3.8, 4) is 0 Å². The van der Waals surface area contributed by atoms with Crippen LogP contribution in [0.1, 0.15) is 18.4 Å². The van der Waals surface area contributed by atoms with E-state index in [9.17, 15) is 23.1 Å². The summed E-state index contributed by atoms with van der Waals surface area (Å²) in [6.07, 6.45) is 0.706. The second-order valence-corrected chi connectivity index (χ2v) is 7.56. The van der Waals surface area contributed by atoms with Crippen LogP contribution in [0, 0.1) is 0 Å². The van der Waals surface area contributed by atoms with Gasteiger partial charge in [0.2, 0.25) is 15.9 Å². The van der Waals surface area contributed by atoms with Crippen LogP contribution in [0.4, 0.5) is 0 Å². The smallest absolute Gasteiger partial charge is 0.326 e. The Hall–Kier alpha value is -1.93. The third-order valence-corrected chi connectivity index (χ3v) is 5.66. The zero-order valence-corrected chi connectivity index (χ0v) is 13.5. The minimum Gasteiger partial charge on any atom is -0.480 e. The first-order valence-electron chi connectivity index (χ1n) is 7.42. The van der Waals surface area contributed by atoms with Crippen molar-refractivity contribution in [1.82, 2.24) is 9.62 Å². The van der Waals surface area contributed by atoms with E-state index >= 15 is 0 Å². The molecular formula is C15H20N2O5S. The number of carbonyl (C=O) groups is 2. The zero-order chi connectivity index (χ0) is 16.9. The van der Waals surface area contributed by atoms with Gasteiger partial charge < -0.3 is 10.4 Å². The summed E-state index contributed by atoms with van der Waals surface area (Å²) in [6.45, 7) is 0.508. The first kappa shape index (κ1) is 17.4. The number of benzene rings is 1. The van der Waals surface area contributed by atoms with Crippen molar-refractivity contribution < 1.29 is 23.1 Å². The van der Waals surface area contributed by atoms with Gasteiger partial charge in [-0.1, -0.05) is 30.3 Å². The van der Waals surface area contributed by atoms with Gasteiger partial charge >= 0.3 is 5.97 Å². The van der Waals surface area contributed by atoms with Crippen LogP contribution in [0.2, 0.25) is 0 Å². The third kappa shape index (κ3) is 5.04. The standard InChI is InChI=1S/C15H20N2O5S/c18-14(7-9-17-8-4-10-23(17,21)22)16-13(15(19)20)11-12-5-2-1-3-6-12/h1-3,5-6,13H,4,7-11H2,(H,16,18)(H,19,20)/t13-/m0/s1. The molecule has 1 aromatic rings. The minimum absolute atomic E-state index is 0.0438. The predicted molar refractivity (Wildman–Crippen MR) is 84.3 cm³/mol. The third-order valence-electron chi connectivity index (χ3n) is 3.71. The highest BCUT2D eigenvalue weighted by molar-refractivity contribution is 7.89. The van der Waals surface area contributed by atoms with Crippen molar-refractivity contribution >= 4 is 21.9 Å². The van der Waals surface area contributed by atoms with Crippen LogP contribution in [-0.4, -0.2) is 54.6 Å². The Labute approximate surface area is 135 Å². The number of hydrogen-bond donors (Lipinski definition) is 2. The van der Waals surface area contributed by atoms with Crippen molar-refractivity contribution in [2.75, 3.05) is 18.8 Å². The second-order valence-electron chi connectivity index (χ2n) is 5.47. The van der Waals surface area contributed by atoms with Gasteiger partial charge in [-0.15, -0.1) is 0 Å². The van der Waals surface area contributed by atoms with Gasteiger partial charge in [-0.25, -0.2) is 17.5 Å². The molecule has 126 valence electrons. The van der Waals surface area contributed by atoms with Gasteiger partial charge in [-0.05, 0) is 12.0 Å². The van der Waals surface area contributed by atoms with Gasteiger partial charge in [0.05, 0.1) is 5.75 Å². The molecule has 0 aliphatic carbocycles. The molecular weight excluding hydrogens is 320 g/mol. The summed E-state index contributed by atoms with van der Waals surface area (Å²) in [5, 5.41) is 11.7. The largest absolute Gasteiger partial charge is 0.480 e. The summed E-state index contributed by atoms with van der Waals surface area (Å²) in [6, 6.07) is 7.98. The molecule has 7 nitrogen and oxygen atoms in total. The van der Waals surface area contributed by atoms with Crippen molar-refractivity contribution in [2.45, 2.75) is 25.3 Å². The van der Waals surface area contributed by atoms with Gasteiger partial charge in [0.15, 0.2) is 0 Å². The molecule has 0 spiro atoms. The van der Waals surface area contributed by atoms with E-state index < -0.39 is 27.9 Å². The number of sulfonamides is 1. The molecule has 1 aliphatic heterocycles. The lowest BCUT2D eigenvalue weighted by molar-refractivity contribution is -0.141. The monoisotopic (exact) mass is 340 g/mol. The van der Waals surface area contributed by atoms with Crippen LogP contribution in [-0.2, 0) is 26.0 Å². The molecule has 0 aromatic heterocycles. The van der Waals surface area contributed by atoms with E-state index in [2.05, 4.69) is 5.32 Å². The van der Waals surface area contributed by atoms with Crippen LogP contribution < -0.4 is 5.32 Å². The zero-order valence-electron chi connectivity index (χ0n) is 12.6. The molecule has 23 heavy (non-hydrogen) atoms. The molecule has 2 N–H and O–H groups in total. The van der Waals surface area contributed by atoms with E-state index in [0.717, 1.165) is 5.56 Å². The molecule has 0 radical (unpaired) electrons. The Kier molecular flexibility index (Phi) is 5.73. The number of hydrogen-bond acceptors (Lipinski definition) is 4. The highest BCUT2D eigenvalue weighted by Crippen LogP contribution is 2.13. The molecule has 0 saturated carbocycles. The van der Waals surface area contributed by atoms with Crippen molar-refractivity contribution in [3.63, 3.8) is 0 Å². The van der Waals surface area contributed by atoms with Crippen LogP contribution in [0.3, 0.4) is 0 Å². The van der Waals surface area contributed by atoms with E-state index in [4.69, 9.17) is 0 Å². The number of nitrogens with zero attached hydrogens (tertiary/aromatic N) is 1. The SMILES string of the molecule is O=C(CCN1CCCS1(=O)=O)N[C@@H](Cc1ccccc1)C(=O)O. The highest BCUT2D eigenvalue weighted by atomic mass is 32.2. The molecule has 1 fully saturated rings. The first-order valence-corrected chi connectivity index (χ1v) is 9.03. The summed E-state index contributed by atoms with van der Waals surface area (Å²) in [5.41, 5.74) is 0.808. The number of nitrogens with one attached hydrogen (secondary N) is 1. The lowest BCUT2D eigenvalue weighted by atomic mass is 10.1. The summed E-state index contributed by atoms with van der Waals surface area (Å²) in [4.78, 5) is 23.2. The van der Waals surface area contributed by atoms with Crippen LogP contribution in [0.15, 0.2) is 30.3 Å². The number of rotatable bonds is 7. The number of carbonyl (C=O) groups excluding carboxylic acids is 1. The Morgan fingerprint density at radius 3 is 2.52 bits per heavy atom. The van der Waals surface area contributed by atoms with Gasteiger partial charge in [0, 0.05) is 25.9 Å². The fourth-order valence-electron chi connectivity index (χ4n) is 2.48. The molecule has 1 aromatic carbocycles. The Bertz CT molecular complexity index is 660. The van der Waals surface area contributed by atoms with Gasteiger partial charge in [-0.2, -0.15) is 0 Å². The number of carboxylic acids is 1. The molecule has 1 heterocycles. The van der Waals surface area contributed by atoms with E-state index in [1.165, 1.54) is 4.31 Å². The molecule has 2 rings (SSSR count). The van der Waals surface area contributed by atoms with Crippen molar-refractivity contribution in [1.29, 1.82) is 0 Å². The van der Waals surface area contributed by atoms with Crippen LogP contribution in [0.25, 0.3) is 0 Å². The summed E-state index contributed by atoms with van der Waals surface area (Å²) in [5.74, 6) is -1.47. The molecule has 0 unspecified atom stereocenters. The second kappa shape index (κ2) is 7.56. The Balaban J connectivity index is 1.87. The van der Waals surface area contributed by atoms with E-state index in [1.807, 2.05) is 6.07 Å². The maximum atomic E-state index is 11.9. The fraction of sp³-hybridized carbons (Fsp3) is 0.467. The Morgan fingerprint density at radius 1 is 1.26 bits per heavy atom. The lowest BCUT2D eigenvalue weighted by Crippen LogP contribution is -2.43. The average molecular weight is 340 g/mol. The summed E-state index contributed by atoms with van der Waals surface area (Å²) >= 11 is 0. The Morgan fingerprint density at radius 2 is 1.96 bits per heavy atom. The molecule has 1 saturated heterocycles.